The first-order chi connectivity index (χ1) is 9.60. The largest absolute Gasteiger partial charge is 0.468 e. The number of methoxy groups -OCH3 is 1. The van der Waals surface area contributed by atoms with Crippen molar-refractivity contribution in [2.24, 2.45) is 0 Å². The summed E-state index contributed by atoms with van der Waals surface area (Å²) in [5.41, 5.74) is 0. The van der Waals surface area contributed by atoms with Crippen LogP contribution in [0.1, 0.15) is 25.0 Å². The maximum atomic E-state index is 12.0. The molecule has 1 saturated heterocycles. The fourth-order valence-corrected chi connectivity index (χ4v) is 2.38. The first-order valence-corrected chi connectivity index (χ1v) is 6.65. The summed E-state index contributed by atoms with van der Waals surface area (Å²) in [6, 6.07) is 1.31. The SMILES string of the molecule is COC(=O)C1CCCCN1CC(=O)Nc1cc(C)on1. The van der Waals surface area contributed by atoms with Gasteiger partial charge in [-0.25, -0.2) is 0 Å². The van der Waals surface area contributed by atoms with Gasteiger partial charge in [0, 0.05) is 6.07 Å². The van der Waals surface area contributed by atoms with Crippen LogP contribution in [0.3, 0.4) is 0 Å². The third kappa shape index (κ3) is 3.57. The van der Waals surface area contributed by atoms with Crippen LogP contribution in [0.4, 0.5) is 5.82 Å². The van der Waals surface area contributed by atoms with E-state index in [9.17, 15) is 9.59 Å². The van der Waals surface area contributed by atoms with E-state index in [4.69, 9.17) is 9.26 Å². The Morgan fingerprint density at radius 2 is 2.35 bits per heavy atom. The second kappa shape index (κ2) is 6.51. The lowest BCUT2D eigenvalue weighted by Gasteiger charge is -2.32. The van der Waals surface area contributed by atoms with Crippen molar-refractivity contribution in [1.82, 2.24) is 10.1 Å². The molecule has 7 nitrogen and oxygen atoms in total. The Hall–Kier alpha value is -1.89. The molecule has 1 N–H and O–H groups in total. The van der Waals surface area contributed by atoms with E-state index < -0.39 is 0 Å². The molecule has 1 aliphatic heterocycles. The number of ether oxygens (including phenoxy) is 1. The number of hydrogen-bond donors (Lipinski definition) is 1. The van der Waals surface area contributed by atoms with Crippen molar-refractivity contribution in [2.45, 2.75) is 32.2 Å². The summed E-state index contributed by atoms with van der Waals surface area (Å²) in [4.78, 5) is 25.5. The highest BCUT2D eigenvalue weighted by Crippen LogP contribution is 2.18. The zero-order valence-corrected chi connectivity index (χ0v) is 11.7. The van der Waals surface area contributed by atoms with Gasteiger partial charge in [-0.15, -0.1) is 0 Å². The molecule has 0 radical (unpaired) electrons. The fourth-order valence-electron chi connectivity index (χ4n) is 2.38. The molecule has 1 atom stereocenters. The van der Waals surface area contributed by atoms with E-state index in [1.807, 2.05) is 4.90 Å². The number of nitrogens with zero attached hydrogens (tertiary/aromatic N) is 2. The van der Waals surface area contributed by atoms with E-state index >= 15 is 0 Å². The smallest absolute Gasteiger partial charge is 0.323 e. The second-order valence-electron chi connectivity index (χ2n) is 4.88. The van der Waals surface area contributed by atoms with Crippen LogP contribution in [0.25, 0.3) is 0 Å². The highest BCUT2D eigenvalue weighted by atomic mass is 16.5. The van der Waals surface area contributed by atoms with Gasteiger partial charge in [0.1, 0.15) is 11.8 Å². The molecule has 110 valence electrons. The monoisotopic (exact) mass is 281 g/mol. The number of rotatable bonds is 4. The lowest BCUT2D eigenvalue weighted by atomic mass is 10.0. The summed E-state index contributed by atoms with van der Waals surface area (Å²) < 4.78 is 9.66. The van der Waals surface area contributed by atoms with Crippen molar-refractivity contribution in [2.75, 3.05) is 25.5 Å². The fraction of sp³-hybridized carbons (Fsp3) is 0.615. The lowest BCUT2D eigenvalue weighted by molar-refractivity contribution is -0.148. The highest BCUT2D eigenvalue weighted by molar-refractivity contribution is 5.91. The normalized spacial score (nSPS) is 19.6. The standard InChI is InChI=1S/C13H19N3O4/c1-9-7-11(15-20-9)14-12(17)8-16-6-4-3-5-10(16)13(18)19-2/h7,10H,3-6,8H2,1-2H3,(H,14,15,17). The van der Waals surface area contributed by atoms with Gasteiger partial charge >= 0.3 is 5.97 Å². The summed E-state index contributed by atoms with van der Waals surface area (Å²) >= 11 is 0. The molecule has 1 fully saturated rings. The summed E-state index contributed by atoms with van der Waals surface area (Å²) in [7, 11) is 1.37. The molecule has 7 heteroatoms. The van der Waals surface area contributed by atoms with Crippen LogP contribution in [0.15, 0.2) is 10.6 Å². The minimum Gasteiger partial charge on any atom is -0.468 e. The molecule has 1 unspecified atom stereocenters. The average Bonchev–Trinajstić information content (AvgIpc) is 2.83. The molecule has 0 spiro atoms. The van der Waals surface area contributed by atoms with Gasteiger partial charge in [0.2, 0.25) is 5.91 Å². The van der Waals surface area contributed by atoms with Crippen molar-refractivity contribution in [1.29, 1.82) is 0 Å². The predicted molar refractivity (Wildman–Crippen MR) is 71.1 cm³/mol. The van der Waals surface area contributed by atoms with Crippen molar-refractivity contribution >= 4 is 17.7 Å². The van der Waals surface area contributed by atoms with E-state index in [2.05, 4.69) is 10.5 Å². The molecule has 0 aromatic carbocycles. The molecular weight excluding hydrogens is 262 g/mol. The number of anilines is 1. The number of aryl methyl sites for hydroxylation is 1. The zero-order chi connectivity index (χ0) is 14.5. The number of carbonyl (C=O) groups excluding carboxylic acids is 2. The van der Waals surface area contributed by atoms with Crippen LogP contribution in [0.5, 0.6) is 0 Å². The first-order valence-electron chi connectivity index (χ1n) is 6.65. The number of esters is 1. The Labute approximate surface area is 117 Å². The minimum absolute atomic E-state index is 0.145. The molecule has 1 aromatic rings. The zero-order valence-electron chi connectivity index (χ0n) is 11.7. The van der Waals surface area contributed by atoms with E-state index in [-0.39, 0.29) is 24.5 Å². The van der Waals surface area contributed by atoms with Gasteiger partial charge in [0.25, 0.3) is 0 Å². The minimum atomic E-state index is -0.335. The highest BCUT2D eigenvalue weighted by Gasteiger charge is 2.30. The van der Waals surface area contributed by atoms with Crippen molar-refractivity contribution in [3.63, 3.8) is 0 Å². The first kappa shape index (κ1) is 14.5. The van der Waals surface area contributed by atoms with E-state index in [1.165, 1.54) is 7.11 Å². The predicted octanol–water partition coefficient (Wildman–Crippen LogP) is 0.949. The van der Waals surface area contributed by atoms with Gasteiger partial charge < -0.3 is 14.6 Å². The number of hydrogen-bond acceptors (Lipinski definition) is 6. The number of amides is 1. The maximum absolute atomic E-state index is 12.0. The van der Waals surface area contributed by atoms with E-state index in [0.717, 1.165) is 19.3 Å². The van der Waals surface area contributed by atoms with Crippen molar-refractivity contribution in [3.05, 3.63) is 11.8 Å². The Morgan fingerprint density at radius 1 is 1.55 bits per heavy atom. The van der Waals surface area contributed by atoms with Crippen molar-refractivity contribution < 1.29 is 18.8 Å². The summed E-state index contributed by atoms with van der Waals surface area (Å²) in [5.74, 6) is 0.522. The van der Waals surface area contributed by atoms with Crippen LogP contribution in [-0.2, 0) is 14.3 Å². The number of carbonyl (C=O) groups is 2. The molecule has 1 amide bonds. The van der Waals surface area contributed by atoms with Gasteiger partial charge in [-0.05, 0) is 26.3 Å². The van der Waals surface area contributed by atoms with Gasteiger partial charge in [0.05, 0.1) is 13.7 Å². The Balaban J connectivity index is 1.92. The lowest BCUT2D eigenvalue weighted by Crippen LogP contribution is -2.48. The molecule has 20 heavy (non-hydrogen) atoms. The van der Waals surface area contributed by atoms with E-state index in [0.29, 0.717) is 18.1 Å². The molecule has 0 bridgehead atoms. The van der Waals surface area contributed by atoms with Crippen LogP contribution < -0.4 is 5.32 Å². The topological polar surface area (TPSA) is 84.7 Å². The van der Waals surface area contributed by atoms with Crippen molar-refractivity contribution in [3.8, 4) is 0 Å². The maximum Gasteiger partial charge on any atom is 0.323 e. The Bertz CT molecular complexity index is 486. The summed E-state index contributed by atoms with van der Waals surface area (Å²) in [6.07, 6.45) is 2.67. The van der Waals surface area contributed by atoms with Crippen LogP contribution >= 0.6 is 0 Å². The third-order valence-electron chi connectivity index (χ3n) is 3.33. The third-order valence-corrected chi connectivity index (χ3v) is 3.33. The molecule has 2 rings (SSSR count). The Morgan fingerprint density at radius 3 is 3.00 bits per heavy atom. The van der Waals surface area contributed by atoms with Gasteiger partial charge in [-0.1, -0.05) is 11.6 Å². The summed E-state index contributed by atoms with van der Waals surface area (Å²) in [5, 5.41) is 6.35. The van der Waals surface area contributed by atoms with E-state index in [1.54, 1.807) is 13.0 Å². The average molecular weight is 281 g/mol. The molecule has 0 aliphatic carbocycles. The number of nitrogens with one attached hydrogen (secondary N) is 1. The van der Waals surface area contributed by atoms with Gasteiger partial charge in [-0.3, -0.25) is 14.5 Å². The van der Waals surface area contributed by atoms with Crippen LogP contribution in [0, 0.1) is 6.92 Å². The quantitative estimate of drug-likeness (QED) is 0.827. The molecule has 1 aromatic heterocycles. The van der Waals surface area contributed by atoms with Gasteiger partial charge in [-0.2, -0.15) is 0 Å². The molecule has 2 heterocycles. The molecule has 1 aliphatic rings. The number of piperidine rings is 1. The van der Waals surface area contributed by atoms with Gasteiger partial charge in [0.15, 0.2) is 5.82 Å². The second-order valence-corrected chi connectivity index (χ2v) is 4.88. The summed E-state index contributed by atoms with van der Waals surface area (Å²) in [6.45, 7) is 2.61. The number of likely N-dealkylation sites (tertiary alicyclic amines) is 1. The van der Waals surface area contributed by atoms with Crippen LogP contribution in [-0.4, -0.2) is 48.2 Å². The molecular formula is C13H19N3O4. The van der Waals surface area contributed by atoms with Crippen LogP contribution in [0.2, 0.25) is 0 Å². The Kier molecular flexibility index (Phi) is 4.73. The molecule has 0 saturated carbocycles. The number of aromatic nitrogens is 1.